The van der Waals surface area contributed by atoms with Crippen molar-refractivity contribution in [2.45, 2.75) is 6.42 Å². The van der Waals surface area contributed by atoms with E-state index in [-0.39, 0.29) is 5.91 Å². The van der Waals surface area contributed by atoms with Gasteiger partial charge in [-0.2, -0.15) is 0 Å². The van der Waals surface area contributed by atoms with Crippen LogP contribution in [0.15, 0.2) is 16.7 Å². The first-order chi connectivity index (χ1) is 6.25. The molecule has 0 aromatic carbocycles. The molecule has 1 aliphatic heterocycles. The van der Waals surface area contributed by atoms with Gasteiger partial charge in [0.2, 0.25) is 5.91 Å². The zero-order chi connectivity index (χ0) is 9.26. The molecule has 1 aromatic rings. The molecule has 0 saturated heterocycles. The van der Waals surface area contributed by atoms with Gasteiger partial charge in [0.15, 0.2) is 5.82 Å². The number of carbonyl (C=O) groups is 1. The van der Waals surface area contributed by atoms with Gasteiger partial charge in [-0.25, -0.2) is 4.98 Å². The molecule has 1 aliphatic rings. The van der Waals surface area contributed by atoms with Gasteiger partial charge in [-0.05, 0) is 22.0 Å². The number of aromatic nitrogens is 1. The van der Waals surface area contributed by atoms with Crippen LogP contribution in [0, 0.1) is 0 Å². The summed E-state index contributed by atoms with van der Waals surface area (Å²) in [5.41, 5.74) is 0.861. The molecule has 0 radical (unpaired) electrons. The Morgan fingerprint density at radius 2 is 2.38 bits per heavy atom. The molecule has 68 valence electrons. The lowest BCUT2D eigenvalue weighted by atomic mass is 10.4. The Kier molecular flexibility index (Phi) is 2.18. The van der Waals surface area contributed by atoms with Crippen LogP contribution in [0.1, 0.15) is 6.42 Å². The maximum atomic E-state index is 11.1. The molecular weight excluding hydrogens is 234 g/mol. The highest BCUT2D eigenvalue weighted by Crippen LogP contribution is 2.24. The van der Waals surface area contributed by atoms with E-state index in [1.54, 1.807) is 6.20 Å². The number of amides is 1. The van der Waals surface area contributed by atoms with Gasteiger partial charge in [0, 0.05) is 23.6 Å². The minimum absolute atomic E-state index is 0.000993. The van der Waals surface area contributed by atoms with Gasteiger partial charge in [-0.1, -0.05) is 0 Å². The number of hydrogen-bond acceptors (Lipinski definition) is 3. The van der Waals surface area contributed by atoms with Crippen LogP contribution in [0.4, 0.5) is 11.5 Å². The predicted octanol–water partition coefficient (Wildman–Crippen LogP) is 1.60. The van der Waals surface area contributed by atoms with E-state index >= 15 is 0 Å². The predicted molar refractivity (Wildman–Crippen MR) is 53.7 cm³/mol. The third kappa shape index (κ3) is 1.80. The molecule has 2 N–H and O–H groups in total. The lowest BCUT2D eigenvalue weighted by Crippen LogP contribution is -2.11. The number of halogens is 1. The third-order valence-corrected chi connectivity index (χ3v) is 2.21. The van der Waals surface area contributed by atoms with E-state index in [0.717, 1.165) is 10.2 Å². The quantitative estimate of drug-likeness (QED) is 0.726. The molecule has 0 aliphatic carbocycles. The molecule has 5 heteroatoms. The molecule has 1 aromatic heterocycles. The first-order valence-corrected chi connectivity index (χ1v) is 4.74. The number of anilines is 2. The van der Waals surface area contributed by atoms with Gasteiger partial charge in [-0.3, -0.25) is 4.79 Å². The van der Waals surface area contributed by atoms with Crippen LogP contribution in [-0.2, 0) is 4.79 Å². The molecule has 0 bridgehead atoms. The molecule has 0 spiro atoms. The molecule has 0 unspecified atom stereocenters. The minimum atomic E-state index is 0.000993. The highest BCUT2D eigenvalue weighted by Gasteiger charge is 2.12. The van der Waals surface area contributed by atoms with Gasteiger partial charge in [0.1, 0.15) is 0 Å². The third-order valence-electron chi connectivity index (χ3n) is 1.78. The second-order valence-electron chi connectivity index (χ2n) is 2.77. The Morgan fingerprint density at radius 3 is 3.23 bits per heavy atom. The lowest BCUT2D eigenvalue weighted by molar-refractivity contribution is -0.115. The monoisotopic (exact) mass is 241 g/mol. The van der Waals surface area contributed by atoms with Crippen molar-refractivity contribution in [3.8, 4) is 0 Å². The first kappa shape index (κ1) is 8.50. The van der Waals surface area contributed by atoms with Gasteiger partial charge in [0.05, 0.1) is 5.69 Å². The maximum absolute atomic E-state index is 11.1. The Bertz CT molecular complexity index is 353. The van der Waals surface area contributed by atoms with Crippen LogP contribution in [-0.4, -0.2) is 17.4 Å². The molecule has 0 fully saturated rings. The smallest absolute Gasteiger partial charge is 0.227 e. The summed E-state index contributed by atoms with van der Waals surface area (Å²) in [4.78, 5) is 15.2. The second kappa shape index (κ2) is 3.33. The van der Waals surface area contributed by atoms with Crippen LogP contribution >= 0.6 is 15.9 Å². The van der Waals surface area contributed by atoms with E-state index in [0.29, 0.717) is 18.8 Å². The van der Waals surface area contributed by atoms with Crippen molar-refractivity contribution in [3.05, 3.63) is 16.7 Å². The fourth-order valence-electron chi connectivity index (χ4n) is 1.18. The van der Waals surface area contributed by atoms with Crippen LogP contribution in [0.2, 0.25) is 0 Å². The number of nitrogens with one attached hydrogen (secondary N) is 2. The summed E-state index contributed by atoms with van der Waals surface area (Å²) < 4.78 is 0.898. The molecule has 4 nitrogen and oxygen atoms in total. The van der Waals surface area contributed by atoms with E-state index in [1.807, 2.05) is 6.07 Å². The summed E-state index contributed by atoms with van der Waals surface area (Å²) in [5, 5.41) is 5.84. The van der Waals surface area contributed by atoms with Crippen LogP contribution in [0.5, 0.6) is 0 Å². The van der Waals surface area contributed by atoms with E-state index in [1.165, 1.54) is 0 Å². The average molecular weight is 242 g/mol. The fraction of sp³-hybridized carbons (Fsp3) is 0.250. The number of carbonyl (C=O) groups excluding carboxylic acids is 1. The number of fused-ring (bicyclic) bond motifs is 1. The van der Waals surface area contributed by atoms with Crippen molar-refractivity contribution in [1.82, 2.24) is 4.98 Å². The van der Waals surface area contributed by atoms with Crippen LogP contribution in [0.3, 0.4) is 0 Å². The van der Waals surface area contributed by atoms with Crippen LogP contribution < -0.4 is 10.6 Å². The maximum Gasteiger partial charge on any atom is 0.227 e. The van der Waals surface area contributed by atoms with E-state index in [2.05, 4.69) is 31.5 Å². The summed E-state index contributed by atoms with van der Waals surface area (Å²) >= 11 is 3.32. The van der Waals surface area contributed by atoms with Crippen molar-refractivity contribution in [3.63, 3.8) is 0 Å². The molecule has 0 atom stereocenters. The van der Waals surface area contributed by atoms with Gasteiger partial charge < -0.3 is 10.6 Å². The Morgan fingerprint density at radius 1 is 1.54 bits per heavy atom. The number of hydrogen-bond donors (Lipinski definition) is 2. The Hall–Kier alpha value is -1.10. The van der Waals surface area contributed by atoms with Gasteiger partial charge >= 0.3 is 0 Å². The topological polar surface area (TPSA) is 54.0 Å². The van der Waals surface area contributed by atoms with Crippen molar-refractivity contribution in [2.75, 3.05) is 17.2 Å². The second-order valence-corrected chi connectivity index (χ2v) is 3.69. The summed E-state index contributed by atoms with van der Waals surface area (Å²) in [7, 11) is 0. The number of nitrogens with zero attached hydrogens (tertiary/aromatic N) is 1. The first-order valence-electron chi connectivity index (χ1n) is 3.95. The Balaban J connectivity index is 2.40. The molecule has 2 heterocycles. The van der Waals surface area contributed by atoms with E-state index in [9.17, 15) is 4.79 Å². The SMILES string of the molecule is O=C1CCNc2cc(Br)cnc2N1. The highest BCUT2D eigenvalue weighted by atomic mass is 79.9. The molecule has 13 heavy (non-hydrogen) atoms. The van der Waals surface area contributed by atoms with Crippen molar-refractivity contribution < 1.29 is 4.79 Å². The molecule has 1 amide bonds. The minimum Gasteiger partial charge on any atom is -0.382 e. The van der Waals surface area contributed by atoms with Gasteiger partial charge in [-0.15, -0.1) is 0 Å². The number of rotatable bonds is 0. The number of pyridine rings is 1. The standard InChI is InChI=1S/C8H8BrN3O/c9-5-3-6-8(11-4-5)12-7(13)1-2-10-6/h3-4,10H,1-2H2,(H,11,12,13). The van der Waals surface area contributed by atoms with Crippen LogP contribution in [0.25, 0.3) is 0 Å². The van der Waals surface area contributed by atoms with E-state index < -0.39 is 0 Å². The summed E-state index contributed by atoms with van der Waals surface area (Å²) in [6, 6.07) is 1.90. The van der Waals surface area contributed by atoms with E-state index in [4.69, 9.17) is 0 Å². The van der Waals surface area contributed by atoms with Crippen molar-refractivity contribution in [1.29, 1.82) is 0 Å². The zero-order valence-corrected chi connectivity index (χ0v) is 8.39. The fourth-order valence-corrected chi connectivity index (χ4v) is 1.51. The van der Waals surface area contributed by atoms with Crippen molar-refractivity contribution >= 4 is 33.3 Å². The molecule has 0 saturated carbocycles. The van der Waals surface area contributed by atoms with Gasteiger partial charge in [0.25, 0.3) is 0 Å². The molecule has 2 rings (SSSR count). The Labute approximate surface area is 83.9 Å². The highest BCUT2D eigenvalue weighted by molar-refractivity contribution is 9.10. The molecular formula is C8H8BrN3O. The van der Waals surface area contributed by atoms with Crippen molar-refractivity contribution in [2.24, 2.45) is 0 Å². The summed E-state index contributed by atoms with van der Waals surface area (Å²) in [5.74, 6) is 0.603. The lowest BCUT2D eigenvalue weighted by Gasteiger charge is -2.05. The zero-order valence-electron chi connectivity index (χ0n) is 6.80. The summed E-state index contributed by atoms with van der Waals surface area (Å²) in [6.07, 6.45) is 2.14. The summed E-state index contributed by atoms with van der Waals surface area (Å²) in [6.45, 7) is 0.650. The normalized spacial score (nSPS) is 15.3. The largest absolute Gasteiger partial charge is 0.382 e. The average Bonchev–Trinajstić information content (AvgIpc) is 2.25.